The zero-order valence-corrected chi connectivity index (χ0v) is 28.1. The van der Waals surface area contributed by atoms with Crippen LogP contribution in [0.2, 0.25) is 5.02 Å². The Morgan fingerprint density at radius 3 is 2.15 bits per heavy atom. The van der Waals surface area contributed by atoms with Gasteiger partial charge in [0.1, 0.15) is 18.3 Å². The SMILES string of the molecule is COc1ccc(C)cc1N(CC(=O)N(Cc1cccc(Cl)c1)C(Cc1ccccc1)C(=O)NCC(C)C)S(=O)(=O)c1ccccc1. The third-order valence-corrected chi connectivity index (χ3v) is 9.42. The van der Waals surface area contributed by atoms with Gasteiger partial charge >= 0.3 is 0 Å². The van der Waals surface area contributed by atoms with Gasteiger partial charge in [-0.25, -0.2) is 8.42 Å². The fourth-order valence-electron chi connectivity index (χ4n) is 5.04. The number of rotatable bonds is 14. The molecule has 0 heterocycles. The number of carbonyl (C=O) groups excluding carboxylic acids is 2. The number of hydrogen-bond donors (Lipinski definition) is 1. The molecule has 0 aromatic heterocycles. The fourth-order valence-corrected chi connectivity index (χ4v) is 6.69. The minimum atomic E-state index is -4.25. The summed E-state index contributed by atoms with van der Waals surface area (Å²) in [5.41, 5.74) is 2.54. The summed E-state index contributed by atoms with van der Waals surface area (Å²) in [6, 6.07) is 28.6. The maximum Gasteiger partial charge on any atom is 0.264 e. The Balaban J connectivity index is 1.84. The molecule has 0 saturated heterocycles. The van der Waals surface area contributed by atoms with Crippen LogP contribution in [-0.2, 0) is 32.6 Å². The van der Waals surface area contributed by atoms with E-state index in [2.05, 4.69) is 5.32 Å². The summed E-state index contributed by atoms with van der Waals surface area (Å²) < 4.78 is 35.1. The smallest absolute Gasteiger partial charge is 0.264 e. The number of benzene rings is 4. The number of sulfonamides is 1. The van der Waals surface area contributed by atoms with Crippen molar-refractivity contribution >= 4 is 39.1 Å². The third-order valence-electron chi connectivity index (χ3n) is 7.41. The van der Waals surface area contributed by atoms with Crippen LogP contribution in [0.3, 0.4) is 0 Å². The molecule has 242 valence electrons. The first kappa shape index (κ1) is 34.5. The minimum Gasteiger partial charge on any atom is -0.495 e. The summed E-state index contributed by atoms with van der Waals surface area (Å²) in [6.07, 6.45) is 0.219. The molecule has 46 heavy (non-hydrogen) atoms. The monoisotopic (exact) mass is 661 g/mol. The Labute approximate surface area is 277 Å². The molecule has 0 fully saturated rings. The first-order valence-electron chi connectivity index (χ1n) is 15.1. The number of halogens is 1. The fraction of sp³-hybridized carbons (Fsp3) is 0.278. The molecule has 2 amide bonds. The van der Waals surface area contributed by atoms with E-state index in [0.29, 0.717) is 17.1 Å². The van der Waals surface area contributed by atoms with E-state index in [-0.39, 0.29) is 41.1 Å². The summed E-state index contributed by atoms with van der Waals surface area (Å²) in [6.45, 7) is 5.67. The van der Waals surface area contributed by atoms with Crippen LogP contribution in [0.15, 0.2) is 108 Å². The molecule has 0 aliphatic carbocycles. The van der Waals surface area contributed by atoms with E-state index in [1.165, 1.54) is 24.1 Å². The van der Waals surface area contributed by atoms with Gasteiger partial charge < -0.3 is 15.0 Å². The normalized spacial score (nSPS) is 12.0. The number of hydrogen-bond acceptors (Lipinski definition) is 5. The predicted octanol–water partition coefficient (Wildman–Crippen LogP) is 6.26. The molecule has 0 saturated carbocycles. The maximum atomic E-state index is 14.6. The van der Waals surface area contributed by atoms with Crippen molar-refractivity contribution in [3.05, 3.63) is 125 Å². The van der Waals surface area contributed by atoms with Crippen molar-refractivity contribution in [1.29, 1.82) is 0 Å². The van der Waals surface area contributed by atoms with Gasteiger partial charge in [-0.1, -0.05) is 92.2 Å². The van der Waals surface area contributed by atoms with Crippen molar-refractivity contribution in [1.82, 2.24) is 10.2 Å². The van der Waals surface area contributed by atoms with E-state index in [1.54, 1.807) is 54.6 Å². The Hall–Kier alpha value is -4.34. The number of nitrogens with one attached hydrogen (secondary N) is 1. The van der Waals surface area contributed by atoms with Crippen LogP contribution in [0, 0.1) is 12.8 Å². The Morgan fingerprint density at radius 1 is 0.870 bits per heavy atom. The van der Waals surface area contributed by atoms with Gasteiger partial charge in [-0.15, -0.1) is 0 Å². The molecule has 4 aromatic carbocycles. The molecule has 1 unspecified atom stereocenters. The van der Waals surface area contributed by atoms with Crippen LogP contribution in [0.1, 0.15) is 30.5 Å². The van der Waals surface area contributed by atoms with Crippen molar-refractivity contribution in [2.24, 2.45) is 5.92 Å². The highest BCUT2D eigenvalue weighted by molar-refractivity contribution is 7.92. The molecule has 0 spiro atoms. The molecule has 0 bridgehead atoms. The number of carbonyl (C=O) groups is 2. The zero-order valence-electron chi connectivity index (χ0n) is 26.5. The average molecular weight is 662 g/mol. The lowest BCUT2D eigenvalue weighted by atomic mass is 10.0. The Kier molecular flexibility index (Phi) is 11.8. The molecule has 4 aromatic rings. The quantitative estimate of drug-likeness (QED) is 0.172. The summed E-state index contributed by atoms with van der Waals surface area (Å²) >= 11 is 6.32. The topological polar surface area (TPSA) is 96.0 Å². The van der Waals surface area contributed by atoms with Crippen LogP contribution >= 0.6 is 11.6 Å². The van der Waals surface area contributed by atoms with E-state index in [4.69, 9.17) is 16.3 Å². The van der Waals surface area contributed by atoms with Crippen molar-refractivity contribution in [2.75, 3.05) is 24.5 Å². The second-order valence-corrected chi connectivity index (χ2v) is 13.8. The molecule has 1 atom stereocenters. The lowest BCUT2D eigenvalue weighted by molar-refractivity contribution is -0.140. The molecule has 0 radical (unpaired) electrons. The number of ether oxygens (including phenoxy) is 1. The predicted molar refractivity (Wildman–Crippen MR) is 182 cm³/mol. The van der Waals surface area contributed by atoms with Crippen molar-refractivity contribution < 1.29 is 22.7 Å². The number of aryl methyl sites for hydroxylation is 1. The number of anilines is 1. The molecular formula is C36H40ClN3O5S. The molecule has 0 aliphatic rings. The molecule has 0 aliphatic heterocycles. The van der Waals surface area contributed by atoms with Gasteiger partial charge in [0, 0.05) is 24.5 Å². The molecule has 10 heteroatoms. The number of amides is 2. The standard InChI is InChI=1S/C36H40ClN3O5S/c1-26(2)23-38-36(42)33(22-28-12-7-5-8-13-28)39(24-29-14-11-15-30(37)21-29)35(41)25-40(32-20-27(3)18-19-34(32)45-4)46(43,44)31-16-9-6-10-17-31/h5-21,26,33H,22-25H2,1-4H3,(H,38,42). The van der Waals surface area contributed by atoms with Gasteiger partial charge in [-0.05, 0) is 65.9 Å². The van der Waals surface area contributed by atoms with E-state index >= 15 is 0 Å². The highest BCUT2D eigenvalue weighted by Crippen LogP contribution is 2.34. The second-order valence-electron chi connectivity index (χ2n) is 11.5. The maximum absolute atomic E-state index is 14.6. The van der Waals surface area contributed by atoms with Crippen LogP contribution in [0.4, 0.5) is 5.69 Å². The van der Waals surface area contributed by atoms with Gasteiger partial charge in [0.2, 0.25) is 11.8 Å². The largest absolute Gasteiger partial charge is 0.495 e. The number of nitrogens with zero attached hydrogens (tertiary/aromatic N) is 2. The van der Waals surface area contributed by atoms with Crippen LogP contribution in [-0.4, -0.2) is 51.4 Å². The highest BCUT2D eigenvalue weighted by Gasteiger charge is 2.35. The highest BCUT2D eigenvalue weighted by atomic mass is 35.5. The number of methoxy groups -OCH3 is 1. The molecule has 8 nitrogen and oxygen atoms in total. The molecule has 4 rings (SSSR count). The van der Waals surface area contributed by atoms with Gasteiger partial charge in [0.25, 0.3) is 10.0 Å². The lowest BCUT2D eigenvalue weighted by Gasteiger charge is -2.34. The lowest BCUT2D eigenvalue weighted by Crippen LogP contribution is -2.53. The van der Waals surface area contributed by atoms with Crippen LogP contribution in [0.25, 0.3) is 0 Å². The van der Waals surface area contributed by atoms with Gasteiger partial charge in [-0.2, -0.15) is 0 Å². The van der Waals surface area contributed by atoms with Crippen molar-refractivity contribution in [3.8, 4) is 5.75 Å². The minimum absolute atomic E-state index is 0.0169. The van der Waals surface area contributed by atoms with E-state index in [0.717, 1.165) is 15.4 Å². The van der Waals surface area contributed by atoms with Crippen molar-refractivity contribution in [3.63, 3.8) is 0 Å². The van der Waals surface area contributed by atoms with Crippen LogP contribution < -0.4 is 14.4 Å². The van der Waals surface area contributed by atoms with E-state index in [1.807, 2.05) is 57.2 Å². The summed E-state index contributed by atoms with van der Waals surface area (Å²) in [7, 11) is -2.81. The second kappa shape index (κ2) is 15.8. The van der Waals surface area contributed by atoms with Crippen LogP contribution in [0.5, 0.6) is 5.75 Å². The first-order valence-corrected chi connectivity index (χ1v) is 16.9. The first-order chi connectivity index (χ1) is 22.0. The molecular weight excluding hydrogens is 622 g/mol. The Morgan fingerprint density at radius 2 is 1.52 bits per heavy atom. The third kappa shape index (κ3) is 8.89. The Bertz CT molecular complexity index is 1730. The van der Waals surface area contributed by atoms with Crippen molar-refractivity contribution in [2.45, 2.75) is 44.7 Å². The van der Waals surface area contributed by atoms with E-state index in [9.17, 15) is 18.0 Å². The van der Waals surface area contributed by atoms with Gasteiger partial charge in [0.15, 0.2) is 0 Å². The summed E-state index contributed by atoms with van der Waals surface area (Å²) in [4.78, 5) is 30.0. The summed E-state index contributed by atoms with van der Waals surface area (Å²) in [5, 5.41) is 3.47. The zero-order chi connectivity index (χ0) is 33.3. The van der Waals surface area contributed by atoms with Gasteiger partial charge in [-0.3, -0.25) is 13.9 Å². The van der Waals surface area contributed by atoms with Gasteiger partial charge in [0.05, 0.1) is 17.7 Å². The van der Waals surface area contributed by atoms with E-state index < -0.39 is 28.5 Å². The summed E-state index contributed by atoms with van der Waals surface area (Å²) in [5.74, 6) is -0.435. The molecule has 1 N–H and O–H groups in total. The average Bonchev–Trinajstić information content (AvgIpc) is 3.04.